The second-order valence-electron chi connectivity index (χ2n) is 11.7. The van der Waals surface area contributed by atoms with Crippen molar-refractivity contribution in [2.24, 2.45) is 0 Å². The Balaban J connectivity index is 1.22. The summed E-state index contributed by atoms with van der Waals surface area (Å²) < 4.78 is 4.66. The van der Waals surface area contributed by atoms with Crippen LogP contribution in [0.1, 0.15) is 0 Å². The molecule has 2 aromatic heterocycles. The van der Waals surface area contributed by atoms with Gasteiger partial charge >= 0.3 is 0 Å². The highest BCUT2D eigenvalue weighted by atomic mass is 15.0. The van der Waals surface area contributed by atoms with Crippen molar-refractivity contribution in [1.29, 1.82) is 0 Å². The number of benzene rings is 7. The van der Waals surface area contributed by atoms with Crippen LogP contribution in [-0.4, -0.2) is 9.13 Å². The monoisotopic (exact) mass is 585 g/mol. The smallest absolute Gasteiger partial charge is 0.188 e. The molecule has 0 spiro atoms. The summed E-state index contributed by atoms with van der Waals surface area (Å²) in [6.07, 6.45) is 0. The fourth-order valence-corrected chi connectivity index (χ4v) is 6.98. The summed E-state index contributed by atoms with van der Waals surface area (Å²) in [5.74, 6) is 0. The number of hydrogen-bond acceptors (Lipinski definition) is 0. The summed E-state index contributed by atoms with van der Waals surface area (Å²) >= 11 is 0. The van der Waals surface area contributed by atoms with E-state index < -0.39 is 0 Å². The zero-order valence-electron chi connectivity index (χ0n) is 24.9. The fourth-order valence-electron chi connectivity index (χ4n) is 6.98. The third-order valence-corrected chi connectivity index (χ3v) is 9.13. The minimum absolute atomic E-state index is 0.645. The Hall–Kier alpha value is -6.37. The highest BCUT2D eigenvalue weighted by molar-refractivity contribution is 6.13. The Bertz CT molecular complexity index is 2620. The van der Waals surface area contributed by atoms with E-state index in [2.05, 4.69) is 160 Å². The van der Waals surface area contributed by atoms with E-state index in [0.717, 1.165) is 38.7 Å². The van der Waals surface area contributed by atoms with Crippen molar-refractivity contribution in [2.75, 3.05) is 0 Å². The van der Waals surface area contributed by atoms with Crippen molar-refractivity contribution in [3.63, 3.8) is 0 Å². The molecule has 0 atom stereocenters. The van der Waals surface area contributed by atoms with Gasteiger partial charge in [-0.25, -0.2) is 4.85 Å². The van der Waals surface area contributed by atoms with Gasteiger partial charge in [0.1, 0.15) is 0 Å². The highest BCUT2D eigenvalue weighted by Crippen LogP contribution is 2.39. The summed E-state index contributed by atoms with van der Waals surface area (Å²) in [6, 6.07) is 58.0. The van der Waals surface area contributed by atoms with E-state index in [9.17, 15) is 0 Å². The summed E-state index contributed by atoms with van der Waals surface area (Å²) in [6.45, 7) is 7.70. The van der Waals surface area contributed by atoms with Crippen LogP contribution in [0.15, 0.2) is 164 Å². The normalized spacial score (nSPS) is 11.5. The summed E-state index contributed by atoms with van der Waals surface area (Å²) in [5.41, 5.74) is 12.2. The average Bonchev–Trinajstić information content (AvgIpc) is 3.64. The number of aromatic nitrogens is 2. The van der Waals surface area contributed by atoms with Crippen molar-refractivity contribution in [2.45, 2.75) is 0 Å². The van der Waals surface area contributed by atoms with Gasteiger partial charge in [-0.3, -0.25) is 0 Å². The minimum atomic E-state index is 0.645. The third-order valence-electron chi connectivity index (χ3n) is 9.13. The van der Waals surface area contributed by atoms with Crippen LogP contribution in [-0.2, 0) is 0 Å². The van der Waals surface area contributed by atoms with Gasteiger partial charge < -0.3 is 9.13 Å². The first-order valence-corrected chi connectivity index (χ1v) is 15.5. The van der Waals surface area contributed by atoms with Crippen LogP contribution < -0.4 is 0 Å². The molecule has 0 aliphatic rings. The van der Waals surface area contributed by atoms with Crippen LogP contribution >= 0.6 is 0 Å². The molecule has 0 N–H and O–H groups in total. The topological polar surface area (TPSA) is 14.2 Å². The van der Waals surface area contributed by atoms with Crippen molar-refractivity contribution in [3.8, 4) is 33.6 Å². The first-order chi connectivity index (χ1) is 22.8. The predicted molar refractivity (Wildman–Crippen MR) is 192 cm³/mol. The lowest BCUT2D eigenvalue weighted by Crippen LogP contribution is -1.94. The molecule has 0 fully saturated rings. The molecule has 3 heteroatoms. The van der Waals surface area contributed by atoms with E-state index in [1.54, 1.807) is 0 Å². The van der Waals surface area contributed by atoms with E-state index in [1.807, 2.05) is 18.2 Å². The van der Waals surface area contributed by atoms with Gasteiger partial charge in [-0.1, -0.05) is 97.1 Å². The van der Waals surface area contributed by atoms with Crippen molar-refractivity contribution < 1.29 is 0 Å². The lowest BCUT2D eigenvalue weighted by molar-refractivity contribution is 1.18. The largest absolute Gasteiger partial charge is 0.309 e. The molecule has 0 unspecified atom stereocenters. The maximum Gasteiger partial charge on any atom is 0.188 e. The number of fused-ring (bicyclic) bond motifs is 6. The lowest BCUT2D eigenvalue weighted by Gasteiger charge is -2.10. The summed E-state index contributed by atoms with van der Waals surface area (Å²) in [5, 5.41) is 4.69. The second kappa shape index (κ2) is 10.4. The van der Waals surface area contributed by atoms with E-state index >= 15 is 0 Å². The van der Waals surface area contributed by atoms with Gasteiger partial charge in [0, 0.05) is 27.5 Å². The van der Waals surface area contributed by atoms with Crippen LogP contribution in [0, 0.1) is 6.57 Å². The molecule has 0 saturated carbocycles. The molecule has 3 nitrogen and oxygen atoms in total. The SMILES string of the molecule is [C-]#[N+]c1ccc2c(c1)c1cc(-c3ccc4c(c3)c3ccccc3n4-c3ccccc3)ccc1n2-c1ccc(-c2ccccc2)cc1. The fraction of sp³-hybridized carbons (Fsp3) is 0. The number of para-hydroxylation sites is 2. The Labute approximate surface area is 266 Å². The maximum absolute atomic E-state index is 7.70. The Kier molecular flexibility index (Phi) is 5.88. The molecule has 9 rings (SSSR count). The van der Waals surface area contributed by atoms with E-state index in [-0.39, 0.29) is 0 Å². The van der Waals surface area contributed by atoms with Gasteiger partial charge in [0.15, 0.2) is 5.69 Å². The number of rotatable bonds is 4. The molecule has 46 heavy (non-hydrogen) atoms. The molecule has 0 radical (unpaired) electrons. The molecule has 0 amide bonds. The average molecular weight is 586 g/mol. The molecular formula is C43H27N3. The Morgan fingerprint density at radius 3 is 1.46 bits per heavy atom. The summed E-state index contributed by atoms with van der Waals surface area (Å²) in [4.78, 5) is 3.76. The molecule has 2 heterocycles. The van der Waals surface area contributed by atoms with Crippen LogP contribution in [0.4, 0.5) is 5.69 Å². The van der Waals surface area contributed by atoms with Gasteiger partial charge in [-0.2, -0.15) is 0 Å². The highest BCUT2D eigenvalue weighted by Gasteiger charge is 2.16. The maximum atomic E-state index is 7.70. The van der Waals surface area contributed by atoms with Crippen molar-refractivity contribution in [1.82, 2.24) is 9.13 Å². The van der Waals surface area contributed by atoms with Gasteiger partial charge in [-0.15, -0.1) is 0 Å². The molecule has 0 aliphatic carbocycles. The standard InChI is InChI=1S/C43H27N3/c1-44-33-20-25-43-39(28-33)38-27-32(19-24-42(38)46(43)35-21-16-30(17-22-35)29-10-4-2-5-11-29)31-18-23-41-37(26-31)36-14-8-9-15-40(36)45(41)34-12-6-3-7-13-34/h2-28H. The molecule has 0 aliphatic heterocycles. The van der Waals surface area contributed by atoms with E-state index in [4.69, 9.17) is 6.57 Å². The Morgan fingerprint density at radius 2 is 0.804 bits per heavy atom. The second-order valence-corrected chi connectivity index (χ2v) is 11.7. The first-order valence-electron chi connectivity index (χ1n) is 15.5. The van der Waals surface area contributed by atoms with Crippen LogP contribution in [0.5, 0.6) is 0 Å². The van der Waals surface area contributed by atoms with Crippen molar-refractivity contribution >= 4 is 49.3 Å². The Morgan fingerprint density at radius 1 is 0.348 bits per heavy atom. The molecule has 214 valence electrons. The molecular weight excluding hydrogens is 558 g/mol. The van der Waals surface area contributed by atoms with E-state index in [0.29, 0.717) is 5.69 Å². The lowest BCUT2D eigenvalue weighted by atomic mass is 10.0. The van der Waals surface area contributed by atoms with Gasteiger partial charge in [0.2, 0.25) is 0 Å². The minimum Gasteiger partial charge on any atom is -0.309 e. The zero-order chi connectivity index (χ0) is 30.6. The quantitative estimate of drug-likeness (QED) is 0.182. The summed E-state index contributed by atoms with van der Waals surface area (Å²) in [7, 11) is 0. The number of nitrogens with zero attached hydrogens (tertiary/aromatic N) is 3. The molecule has 9 aromatic rings. The molecule has 7 aromatic carbocycles. The van der Waals surface area contributed by atoms with Gasteiger partial charge in [-0.05, 0) is 94.4 Å². The van der Waals surface area contributed by atoms with Crippen LogP contribution in [0.2, 0.25) is 0 Å². The number of hydrogen-bond donors (Lipinski definition) is 0. The predicted octanol–water partition coefficient (Wildman–Crippen LogP) is 11.8. The first kappa shape index (κ1) is 26.1. The van der Waals surface area contributed by atoms with Crippen molar-refractivity contribution in [3.05, 3.63) is 175 Å². The van der Waals surface area contributed by atoms with Crippen LogP contribution in [0.25, 0.3) is 82.1 Å². The molecule has 0 bridgehead atoms. The zero-order valence-corrected chi connectivity index (χ0v) is 24.9. The molecule has 0 saturated heterocycles. The van der Waals surface area contributed by atoms with E-state index in [1.165, 1.54) is 38.5 Å². The third kappa shape index (κ3) is 4.05. The van der Waals surface area contributed by atoms with Gasteiger partial charge in [0.05, 0.1) is 28.6 Å². The van der Waals surface area contributed by atoms with Crippen LogP contribution in [0.3, 0.4) is 0 Å². The van der Waals surface area contributed by atoms with Gasteiger partial charge in [0.25, 0.3) is 0 Å².